The molecule has 106 valence electrons. The Labute approximate surface area is 113 Å². The second kappa shape index (κ2) is 5.47. The molecule has 19 heavy (non-hydrogen) atoms. The van der Waals surface area contributed by atoms with E-state index in [0.717, 1.165) is 5.56 Å². The summed E-state index contributed by atoms with van der Waals surface area (Å²) in [7, 11) is 0. The lowest BCUT2D eigenvalue weighted by atomic mass is 9.74. The number of halogens is 1. The van der Waals surface area contributed by atoms with Crippen molar-refractivity contribution in [2.24, 2.45) is 11.3 Å². The molecule has 1 heterocycles. The van der Waals surface area contributed by atoms with E-state index in [2.05, 4.69) is 0 Å². The second-order valence-corrected chi connectivity index (χ2v) is 5.73. The van der Waals surface area contributed by atoms with E-state index in [-0.39, 0.29) is 31.1 Å². The first kappa shape index (κ1) is 14.3. The van der Waals surface area contributed by atoms with Gasteiger partial charge in [0.25, 0.3) is 0 Å². The molecular weight excluding hydrogens is 247 g/mol. The predicted molar refractivity (Wildman–Crippen MR) is 70.6 cm³/mol. The molecule has 2 N–H and O–H groups in total. The van der Waals surface area contributed by atoms with E-state index >= 15 is 0 Å². The highest BCUT2D eigenvalue weighted by atomic mass is 19.1. The van der Waals surface area contributed by atoms with Crippen LogP contribution in [0.15, 0.2) is 18.2 Å². The first-order valence-corrected chi connectivity index (χ1v) is 6.67. The maximum Gasteiger partial charge on any atom is 0.123 e. The second-order valence-electron chi connectivity index (χ2n) is 5.73. The molecule has 0 saturated carbocycles. The Morgan fingerprint density at radius 2 is 2.05 bits per heavy atom. The monoisotopic (exact) mass is 268 g/mol. The van der Waals surface area contributed by atoms with Crippen molar-refractivity contribution >= 4 is 0 Å². The van der Waals surface area contributed by atoms with Crippen LogP contribution in [-0.4, -0.2) is 29.5 Å². The molecule has 0 aromatic heterocycles. The number of rotatable bonds is 5. The van der Waals surface area contributed by atoms with Crippen molar-refractivity contribution < 1.29 is 19.3 Å². The highest BCUT2D eigenvalue weighted by molar-refractivity contribution is 5.37. The van der Waals surface area contributed by atoms with Crippen molar-refractivity contribution in [2.45, 2.75) is 32.8 Å². The molecule has 0 bridgehead atoms. The number of hydrogen-bond donors (Lipinski definition) is 2. The van der Waals surface area contributed by atoms with Crippen LogP contribution in [0.3, 0.4) is 0 Å². The first-order chi connectivity index (χ1) is 9.00. The Balaban J connectivity index is 2.10. The molecular formula is C15H21FO3. The molecule has 0 fully saturated rings. The van der Waals surface area contributed by atoms with Crippen molar-refractivity contribution in [1.29, 1.82) is 0 Å². The zero-order chi connectivity index (χ0) is 14.0. The summed E-state index contributed by atoms with van der Waals surface area (Å²) in [6.07, 6.45) is 1.08. The predicted octanol–water partition coefficient (Wildman–Crippen LogP) is 2.15. The summed E-state index contributed by atoms with van der Waals surface area (Å²) in [6, 6.07) is 4.51. The Kier molecular flexibility index (Phi) is 4.11. The van der Waals surface area contributed by atoms with Crippen LogP contribution < -0.4 is 4.74 Å². The average Bonchev–Trinajstić information content (AvgIpc) is 2.77. The summed E-state index contributed by atoms with van der Waals surface area (Å²) in [5, 5.41) is 19.2. The minimum Gasteiger partial charge on any atom is -0.490 e. The van der Waals surface area contributed by atoms with Crippen molar-refractivity contribution in [1.82, 2.24) is 0 Å². The van der Waals surface area contributed by atoms with Gasteiger partial charge < -0.3 is 14.9 Å². The zero-order valence-corrected chi connectivity index (χ0v) is 11.4. The van der Waals surface area contributed by atoms with Crippen molar-refractivity contribution in [3.05, 3.63) is 29.6 Å². The van der Waals surface area contributed by atoms with Crippen LogP contribution in [0.1, 0.15) is 25.8 Å². The van der Waals surface area contributed by atoms with Crippen LogP contribution in [0, 0.1) is 17.2 Å². The third kappa shape index (κ3) is 2.74. The number of aliphatic hydroxyl groups excluding tert-OH is 2. The quantitative estimate of drug-likeness (QED) is 0.860. The van der Waals surface area contributed by atoms with E-state index in [1.54, 1.807) is 6.07 Å². The van der Waals surface area contributed by atoms with Gasteiger partial charge in [0.05, 0.1) is 13.2 Å². The molecule has 1 aromatic rings. The van der Waals surface area contributed by atoms with Gasteiger partial charge in [-0.15, -0.1) is 0 Å². The summed E-state index contributed by atoms with van der Waals surface area (Å²) in [5.41, 5.74) is 0.309. The third-order valence-corrected chi connectivity index (χ3v) is 4.25. The summed E-state index contributed by atoms with van der Waals surface area (Å²) in [4.78, 5) is 0. The largest absolute Gasteiger partial charge is 0.490 e. The Morgan fingerprint density at radius 3 is 2.63 bits per heavy atom. The molecule has 1 atom stereocenters. The van der Waals surface area contributed by atoms with E-state index in [9.17, 15) is 14.6 Å². The molecule has 1 aliphatic heterocycles. The zero-order valence-electron chi connectivity index (χ0n) is 11.4. The third-order valence-electron chi connectivity index (χ3n) is 4.25. The fraction of sp³-hybridized carbons (Fsp3) is 0.600. The number of aliphatic hydroxyl groups is 2. The van der Waals surface area contributed by atoms with Crippen molar-refractivity contribution in [3.63, 3.8) is 0 Å². The van der Waals surface area contributed by atoms with Crippen LogP contribution >= 0.6 is 0 Å². The minimum atomic E-state index is -0.550. The first-order valence-electron chi connectivity index (χ1n) is 6.67. The Bertz CT molecular complexity index is 441. The van der Waals surface area contributed by atoms with Gasteiger partial charge in [-0.25, -0.2) is 4.39 Å². The fourth-order valence-corrected chi connectivity index (χ4v) is 2.64. The molecule has 3 nitrogen and oxygen atoms in total. The normalized spacial score (nSPS) is 18.5. The highest BCUT2D eigenvalue weighted by Crippen LogP contribution is 2.38. The molecule has 1 unspecified atom stereocenters. The average molecular weight is 268 g/mol. The van der Waals surface area contributed by atoms with E-state index in [1.165, 1.54) is 12.1 Å². The molecule has 0 saturated heterocycles. The van der Waals surface area contributed by atoms with Crippen LogP contribution in [0.2, 0.25) is 0 Å². The van der Waals surface area contributed by atoms with Crippen LogP contribution in [-0.2, 0) is 6.42 Å². The van der Waals surface area contributed by atoms with Gasteiger partial charge in [-0.05, 0) is 30.5 Å². The molecule has 0 radical (unpaired) electrons. The lowest BCUT2D eigenvalue weighted by molar-refractivity contribution is -0.0156. The van der Waals surface area contributed by atoms with Gasteiger partial charge in [-0.2, -0.15) is 0 Å². The van der Waals surface area contributed by atoms with Gasteiger partial charge in [-0.3, -0.25) is 0 Å². The lowest BCUT2D eigenvalue weighted by Crippen LogP contribution is -2.40. The molecule has 0 aliphatic carbocycles. The van der Waals surface area contributed by atoms with Gasteiger partial charge in [0, 0.05) is 17.4 Å². The highest BCUT2D eigenvalue weighted by Gasteiger charge is 2.38. The maximum atomic E-state index is 13.2. The molecule has 1 aromatic carbocycles. The summed E-state index contributed by atoms with van der Waals surface area (Å²) in [6.45, 7) is 3.81. The SMILES string of the molecule is CC(C)C(CO)(CO)CC1Cc2cc(F)ccc2O1. The van der Waals surface area contributed by atoms with E-state index in [4.69, 9.17) is 4.74 Å². The minimum absolute atomic E-state index is 0.0776. The van der Waals surface area contributed by atoms with Crippen molar-refractivity contribution in [3.8, 4) is 5.75 Å². The summed E-state index contributed by atoms with van der Waals surface area (Å²) >= 11 is 0. The van der Waals surface area contributed by atoms with E-state index < -0.39 is 5.41 Å². The molecule has 1 aliphatic rings. The van der Waals surface area contributed by atoms with Gasteiger partial charge >= 0.3 is 0 Å². The van der Waals surface area contributed by atoms with E-state index in [0.29, 0.717) is 18.6 Å². The molecule has 0 amide bonds. The lowest BCUT2D eigenvalue weighted by Gasteiger charge is -2.35. The Hall–Kier alpha value is -1.13. The molecule has 0 spiro atoms. The Morgan fingerprint density at radius 1 is 1.37 bits per heavy atom. The van der Waals surface area contributed by atoms with Crippen molar-refractivity contribution in [2.75, 3.05) is 13.2 Å². The summed E-state index contributed by atoms with van der Waals surface area (Å²) < 4.78 is 18.9. The van der Waals surface area contributed by atoms with Crippen LogP contribution in [0.25, 0.3) is 0 Å². The fourth-order valence-electron chi connectivity index (χ4n) is 2.64. The van der Waals surface area contributed by atoms with Crippen LogP contribution in [0.5, 0.6) is 5.75 Å². The molecule has 2 rings (SSSR count). The van der Waals surface area contributed by atoms with Gasteiger partial charge in [0.1, 0.15) is 17.7 Å². The van der Waals surface area contributed by atoms with Gasteiger partial charge in [0.15, 0.2) is 0 Å². The number of ether oxygens (including phenoxy) is 1. The van der Waals surface area contributed by atoms with E-state index in [1.807, 2.05) is 13.8 Å². The number of benzene rings is 1. The van der Waals surface area contributed by atoms with Gasteiger partial charge in [0.2, 0.25) is 0 Å². The topological polar surface area (TPSA) is 49.7 Å². The molecule has 4 heteroatoms. The maximum absolute atomic E-state index is 13.2. The smallest absolute Gasteiger partial charge is 0.123 e. The number of hydrogen-bond acceptors (Lipinski definition) is 3. The van der Waals surface area contributed by atoms with Crippen LogP contribution in [0.4, 0.5) is 4.39 Å². The van der Waals surface area contributed by atoms with Gasteiger partial charge in [-0.1, -0.05) is 13.8 Å². The standard InChI is InChI=1S/C15H21FO3/c1-10(2)15(8-17,9-18)7-13-6-11-5-12(16)3-4-14(11)19-13/h3-5,10,13,17-18H,6-9H2,1-2H3. The number of fused-ring (bicyclic) bond motifs is 1. The summed E-state index contributed by atoms with van der Waals surface area (Å²) in [5.74, 6) is 0.592.